The molecule has 0 aromatic carbocycles. The van der Waals surface area contributed by atoms with Gasteiger partial charge in [-0.25, -0.2) is 0 Å². The summed E-state index contributed by atoms with van der Waals surface area (Å²) >= 11 is 0. The fourth-order valence-corrected chi connectivity index (χ4v) is 0.960. The van der Waals surface area contributed by atoms with Crippen molar-refractivity contribution < 1.29 is 9.32 Å². The van der Waals surface area contributed by atoms with Crippen LogP contribution >= 0.6 is 0 Å². The lowest BCUT2D eigenvalue weighted by Gasteiger charge is -2.12. The van der Waals surface area contributed by atoms with Gasteiger partial charge < -0.3 is 4.52 Å². The minimum Gasteiger partial charge on any atom is -0.338 e. The Hall–Kier alpha value is -2.01. The molecule has 0 unspecified atom stereocenters. The number of rotatable bonds is 3. The number of amides is 1. The van der Waals surface area contributed by atoms with E-state index < -0.39 is 5.91 Å². The summed E-state index contributed by atoms with van der Waals surface area (Å²) in [7, 11) is 0. The van der Waals surface area contributed by atoms with E-state index in [9.17, 15) is 4.79 Å². The molecule has 0 atom stereocenters. The molecule has 0 radical (unpaired) electrons. The summed E-state index contributed by atoms with van der Waals surface area (Å²) < 4.78 is 4.93. The van der Waals surface area contributed by atoms with Gasteiger partial charge in [-0.15, -0.1) is 0 Å². The maximum Gasteiger partial charge on any atom is 0.232 e. The van der Waals surface area contributed by atoms with Gasteiger partial charge in [-0.05, 0) is 5.53 Å². The van der Waals surface area contributed by atoms with Gasteiger partial charge in [0.1, 0.15) is 6.54 Å². The van der Waals surface area contributed by atoms with Crippen LogP contribution in [0.15, 0.2) is 15.7 Å². The first kappa shape index (κ1) is 12.1. The van der Waals surface area contributed by atoms with Crippen LogP contribution in [0.25, 0.3) is 10.4 Å². The van der Waals surface area contributed by atoms with E-state index >= 15 is 0 Å². The lowest BCUT2D eigenvalue weighted by Crippen LogP contribution is -2.14. The van der Waals surface area contributed by atoms with Gasteiger partial charge in [0.2, 0.25) is 11.8 Å². The molecule has 0 saturated heterocycles. The SMILES string of the molecule is CC(C)(C)c1cc(NC(=O)CN=[N+]=[N-])on1. The van der Waals surface area contributed by atoms with Crippen LogP contribution in [-0.4, -0.2) is 17.6 Å². The summed E-state index contributed by atoms with van der Waals surface area (Å²) in [5, 5.41) is 9.39. The van der Waals surface area contributed by atoms with Gasteiger partial charge in [0.15, 0.2) is 0 Å². The molecule has 1 heterocycles. The largest absolute Gasteiger partial charge is 0.338 e. The van der Waals surface area contributed by atoms with Gasteiger partial charge in [-0.1, -0.05) is 31.0 Å². The highest BCUT2D eigenvalue weighted by Crippen LogP contribution is 2.23. The van der Waals surface area contributed by atoms with E-state index in [1.54, 1.807) is 6.07 Å². The molecule has 1 N–H and O–H groups in total. The summed E-state index contributed by atoms with van der Waals surface area (Å²) in [5.74, 6) is -0.183. The Balaban J connectivity index is 2.65. The number of anilines is 1. The third kappa shape index (κ3) is 3.29. The second-order valence-corrected chi connectivity index (χ2v) is 4.26. The second kappa shape index (κ2) is 4.67. The first-order valence-corrected chi connectivity index (χ1v) is 4.71. The first-order valence-electron chi connectivity index (χ1n) is 4.71. The number of carbonyl (C=O) groups is 1. The number of hydrogen-bond donors (Lipinski definition) is 1. The van der Waals surface area contributed by atoms with Crippen molar-refractivity contribution in [2.24, 2.45) is 5.11 Å². The van der Waals surface area contributed by atoms with Crippen LogP contribution in [0.3, 0.4) is 0 Å². The molecule has 1 amide bonds. The molecule has 0 aliphatic heterocycles. The van der Waals surface area contributed by atoms with Gasteiger partial charge in [-0.2, -0.15) is 0 Å². The third-order valence-electron chi connectivity index (χ3n) is 1.82. The number of carbonyl (C=O) groups excluding carboxylic acids is 1. The minimum atomic E-state index is -0.436. The topological polar surface area (TPSA) is 104 Å². The number of nitrogens with one attached hydrogen (secondary N) is 1. The van der Waals surface area contributed by atoms with Crippen molar-refractivity contribution in [3.63, 3.8) is 0 Å². The van der Waals surface area contributed by atoms with E-state index in [1.807, 2.05) is 20.8 Å². The van der Waals surface area contributed by atoms with Crippen molar-refractivity contribution in [3.05, 3.63) is 22.2 Å². The zero-order chi connectivity index (χ0) is 12.2. The van der Waals surface area contributed by atoms with Crippen LogP contribution in [-0.2, 0) is 10.2 Å². The van der Waals surface area contributed by atoms with Gasteiger partial charge >= 0.3 is 0 Å². The average molecular weight is 223 g/mol. The predicted molar refractivity (Wildman–Crippen MR) is 57.8 cm³/mol. The van der Waals surface area contributed by atoms with Crippen LogP contribution < -0.4 is 5.32 Å². The molecule has 0 fully saturated rings. The zero-order valence-corrected chi connectivity index (χ0v) is 9.39. The van der Waals surface area contributed by atoms with Crippen LogP contribution in [0.5, 0.6) is 0 Å². The Kier molecular flexibility index (Phi) is 3.52. The van der Waals surface area contributed by atoms with Crippen LogP contribution in [0.4, 0.5) is 5.88 Å². The van der Waals surface area contributed by atoms with Crippen molar-refractivity contribution in [1.82, 2.24) is 5.16 Å². The molecule has 0 bridgehead atoms. The molecule has 0 aliphatic carbocycles. The van der Waals surface area contributed by atoms with E-state index in [4.69, 9.17) is 10.1 Å². The third-order valence-corrected chi connectivity index (χ3v) is 1.82. The predicted octanol–water partition coefficient (Wildman–Crippen LogP) is 2.22. The van der Waals surface area contributed by atoms with E-state index in [1.165, 1.54) is 0 Å². The molecular weight excluding hydrogens is 210 g/mol. The van der Waals surface area contributed by atoms with E-state index in [-0.39, 0.29) is 17.8 Å². The van der Waals surface area contributed by atoms with Crippen molar-refractivity contribution in [2.45, 2.75) is 26.2 Å². The van der Waals surface area contributed by atoms with Gasteiger partial charge in [0.05, 0.1) is 5.69 Å². The van der Waals surface area contributed by atoms with E-state index in [0.29, 0.717) is 0 Å². The van der Waals surface area contributed by atoms with E-state index in [2.05, 4.69) is 20.5 Å². The first-order chi connectivity index (χ1) is 7.43. The van der Waals surface area contributed by atoms with Crippen molar-refractivity contribution in [3.8, 4) is 0 Å². The van der Waals surface area contributed by atoms with Gasteiger partial charge in [-0.3, -0.25) is 10.1 Å². The molecule has 1 aromatic rings. The summed E-state index contributed by atoms with van der Waals surface area (Å²) in [5.41, 5.74) is 8.64. The molecule has 0 spiro atoms. The highest BCUT2D eigenvalue weighted by molar-refractivity contribution is 5.91. The highest BCUT2D eigenvalue weighted by Gasteiger charge is 2.19. The Bertz CT molecular complexity index is 425. The van der Waals surface area contributed by atoms with Crippen LogP contribution in [0.1, 0.15) is 26.5 Å². The molecule has 7 nitrogen and oxygen atoms in total. The van der Waals surface area contributed by atoms with Crippen molar-refractivity contribution in [2.75, 3.05) is 11.9 Å². The number of nitrogens with zero attached hydrogens (tertiary/aromatic N) is 4. The minimum absolute atomic E-state index is 0.142. The quantitative estimate of drug-likeness (QED) is 0.482. The highest BCUT2D eigenvalue weighted by atomic mass is 16.5. The van der Waals surface area contributed by atoms with E-state index in [0.717, 1.165) is 5.69 Å². The van der Waals surface area contributed by atoms with Gasteiger partial charge in [0, 0.05) is 16.4 Å². The molecule has 1 rings (SSSR count). The smallest absolute Gasteiger partial charge is 0.232 e. The monoisotopic (exact) mass is 223 g/mol. The number of aromatic nitrogens is 1. The average Bonchev–Trinajstić information content (AvgIpc) is 2.62. The van der Waals surface area contributed by atoms with Gasteiger partial charge in [0.25, 0.3) is 0 Å². The zero-order valence-electron chi connectivity index (χ0n) is 9.39. The van der Waals surface area contributed by atoms with Crippen LogP contribution in [0.2, 0.25) is 0 Å². The summed E-state index contributed by atoms with van der Waals surface area (Å²) in [4.78, 5) is 13.6. The molecule has 1 aromatic heterocycles. The fraction of sp³-hybridized carbons (Fsp3) is 0.556. The van der Waals surface area contributed by atoms with Crippen molar-refractivity contribution in [1.29, 1.82) is 0 Å². The molecule has 86 valence electrons. The molecule has 0 saturated carbocycles. The summed E-state index contributed by atoms with van der Waals surface area (Å²) in [6.07, 6.45) is 0. The maximum atomic E-state index is 11.2. The Morgan fingerprint density at radius 1 is 1.69 bits per heavy atom. The summed E-state index contributed by atoms with van der Waals surface area (Å²) in [6, 6.07) is 1.65. The number of hydrogen-bond acceptors (Lipinski definition) is 4. The lowest BCUT2D eigenvalue weighted by atomic mass is 9.92. The molecule has 7 heteroatoms. The normalized spacial score (nSPS) is 10.7. The van der Waals surface area contributed by atoms with Crippen LogP contribution in [0, 0.1) is 0 Å². The lowest BCUT2D eigenvalue weighted by molar-refractivity contribution is -0.115. The fourth-order valence-electron chi connectivity index (χ4n) is 0.960. The molecule has 16 heavy (non-hydrogen) atoms. The second-order valence-electron chi connectivity index (χ2n) is 4.26. The Morgan fingerprint density at radius 3 is 2.88 bits per heavy atom. The summed E-state index contributed by atoms with van der Waals surface area (Å²) in [6.45, 7) is 5.69. The molecular formula is C9H13N5O2. The Labute approximate surface area is 92.4 Å². The molecule has 0 aliphatic rings. The maximum absolute atomic E-state index is 11.2. The number of azide groups is 1. The standard InChI is InChI=1S/C9H13N5O2/c1-9(2,3)6-4-8(16-13-6)12-7(15)5-11-14-10/h4H,5H2,1-3H3,(H,12,15). The Morgan fingerprint density at radius 2 is 2.38 bits per heavy atom. The van der Waals surface area contributed by atoms with Crippen molar-refractivity contribution >= 4 is 11.8 Å².